The fourth-order valence-electron chi connectivity index (χ4n) is 2.10. The van der Waals surface area contributed by atoms with Crippen molar-refractivity contribution in [2.75, 3.05) is 5.73 Å². The Bertz CT molecular complexity index is 485. The Balaban J connectivity index is 2.60. The highest BCUT2D eigenvalue weighted by Gasteiger charge is 2.10. The van der Waals surface area contributed by atoms with E-state index in [4.69, 9.17) is 5.73 Å². The lowest BCUT2D eigenvalue weighted by molar-refractivity contribution is 0.646. The van der Waals surface area contributed by atoms with Gasteiger partial charge in [0.1, 0.15) is 11.3 Å². The van der Waals surface area contributed by atoms with Crippen LogP contribution in [0.25, 0.3) is 11.0 Å². The first-order valence-electron chi connectivity index (χ1n) is 6.01. The number of hydrogen-bond acceptors (Lipinski definition) is 2. The van der Waals surface area contributed by atoms with E-state index in [1.54, 1.807) is 0 Å². The molecule has 0 amide bonds. The number of nitrogen functional groups attached to an aromatic ring is 1. The van der Waals surface area contributed by atoms with E-state index in [0.29, 0.717) is 0 Å². The molecule has 2 rings (SSSR count). The van der Waals surface area contributed by atoms with Gasteiger partial charge in [0.05, 0.1) is 11.2 Å². The van der Waals surface area contributed by atoms with Crippen molar-refractivity contribution < 1.29 is 0 Å². The number of imidazole rings is 1. The molecule has 0 aliphatic carbocycles. The van der Waals surface area contributed by atoms with Crippen LogP contribution in [0.4, 0.5) is 5.69 Å². The molecule has 1 heterocycles. The van der Waals surface area contributed by atoms with Gasteiger partial charge in [0.15, 0.2) is 0 Å². The SMILES string of the molecule is CCCc1nc2c(N)cccc2n1CCC. The average Bonchev–Trinajstić information content (AvgIpc) is 2.61. The zero-order chi connectivity index (χ0) is 11.5. The molecule has 3 nitrogen and oxygen atoms in total. The lowest BCUT2D eigenvalue weighted by Crippen LogP contribution is -2.02. The minimum atomic E-state index is 0.782. The Morgan fingerprint density at radius 1 is 1.25 bits per heavy atom. The van der Waals surface area contributed by atoms with Crippen LogP contribution < -0.4 is 5.73 Å². The number of aromatic nitrogens is 2. The monoisotopic (exact) mass is 217 g/mol. The smallest absolute Gasteiger partial charge is 0.112 e. The predicted octanol–water partition coefficient (Wildman–Crippen LogP) is 2.98. The summed E-state index contributed by atoms with van der Waals surface area (Å²) in [7, 11) is 0. The molecule has 0 fully saturated rings. The van der Waals surface area contributed by atoms with Gasteiger partial charge in [-0.1, -0.05) is 19.9 Å². The number of para-hydroxylation sites is 1. The number of fused-ring (bicyclic) bond motifs is 1. The summed E-state index contributed by atoms with van der Waals surface area (Å²) in [4.78, 5) is 4.66. The molecule has 0 unspecified atom stereocenters. The number of aryl methyl sites for hydroxylation is 2. The molecule has 1 aromatic carbocycles. The molecule has 0 aliphatic heterocycles. The second kappa shape index (κ2) is 4.56. The summed E-state index contributed by atoms with van der Waals surface area (Å²) < 4.78 is 2.30. The molecule has 0 atom stereocenters. The third-order valence-corrected chi connectivity index (χ3v) is 2.81. The highest BCUT2D eigenvalue weighted by atomic mass is 15.1. The lowest BCUT2D eigenvalue weighted by atomic mass is 10.2. The number of hydrogen-bond donors (Lipinski definition) is 1. The number of nitrogens with zero attached hydrogens (tertiary/aromatic N) is 2. The van der Waals surface area contributed by atoms with Crippen molar-refractivity contribution in [3.8, 4) is 0 Å². The van der Waals surface area contributed by atoms with Crippen molar-refractivity contribution in [1.82, 2.24) is 9.55 Å². The Labute approximate surface area is 96.3 Å². The van der Waals surface area contributed by atoms with Gasteiger partial charge in [-0.15, -0.1) is 0 Å². The van der Waals surface area contributed by atoms with Crippen LogP contribution >= 0.6 is 0 Å². The van der Waals surface area contributed by atoms with E-state index in [0.717, 1.165) is 42.8 Å². The molecule has 0 spiro atoms. The van der Waals surface area contributed by atoms with Gasteiger partial charge < -0.3 is 10.3 Å². The van der Waals surface area contributed by atoms with Crippen molar-refractivity contribution in [2.24, 2.45) is 0 Å². The number of nitrogens with two attached hydrogens (primary N) is 1. The summed E-state index contributed by atoms with van der Waals surface area (Å²) in [6.45, 7) is 5.39. The fraction of sp³-hybridized carbons (Fsp3) is 0.462. The van der Waals surface area contributed by atoms with Crippen LogP contribution in [-0.2, 0) is 13.0 Å². The average molecular weight is 217 g/mol. The second-order valence-corrected chi connectivity index (χ2v) is 4.14. The predicted molar refractivity (Wildman–Crippen MR) is 68.4 cm³/mol. The summed E-state index contributed by atoms with van der Waals surface area (Å²) in [6.07, 6.45) is 3.26. The minimum absolute atomic E-state index is 0.782. The Morgan fingerprint density at radius 3 is 2.75 bits per heavy atom. The molecule has 0 saturated heterocycles. The van der Waals surface area contributed by atoms with Gasteiger partial charge in [0, 0.05) is 13.0 Å². The van der Waals surface area contributed by atoms with Gasteiger partial charge in [0.2, 0.25) is 0 Å². The summed E-state index contributed by atoms with van der Waals surface area (Å²) in [5.74, 6) is 1.16. The zero-order valence-corrected chi connectivity index (χ0v) is 10.0. The van der Waals surface area contributed by atoms with Crippen LogP contribution in [0.5, 0.6) is 0 Å². The molecule has 0 radical (unpaired) electrons. The van der Waals surface area contributed by atoms with Crippen molar-refractivity contribution in [3.05, 3.63) is 24.0 Å². The molecule has 0 saturated carbocycles. The summed E-state index contributed by atoms with van der Waals surface area (Å²) >= 11 is 0. The number of rotatable bonds is 4. The molecule has 16 heavy (non-hydrogen) atoms. The topological polar surface area (TPSA) is 43.8 Å². The molecular weight excluding hydrogens is 198 g/mol. The highest BCUT2D eigenvalue weighted by molar-refractivity contribution is 5.87. The standard InChI is InChI=1S/C13H19N3/c1-3-6-12-15-13-10(14)7-5-8-11(13)16(12)9-4-2/h5,7-8H,3-4,6,9,14H2,1-2H3. The molecule has 1 aromatic heterocycles. The second-order valence-electron chi connectivity index (χ2n) is 4.14. The summed E-state index contributed by atoms with van der Waals surface area (Å²) in [5.41, 5.74) is 8.87. The largest absolute Gasteiger partial charge is 0.397 e. The summed E-state index contributed by atoms with van der Waals surface area (Å²) in [5, 5.41) is 0. The van der Waals surface area contributed by atoms with E-state index >= 15 is 0 Å². The normalized spacial score (nSPS) is 11.1. The van der Waals surface area contributed by atoms with Gasteiger partial charge >= 0.3 is 0 Å². The molecule has 2 N–H and O–H groups in total. The van der Waals surface area contributed by atoms with Crippen LogP contribution in [0.3, 0.4) is 0 Å². The number of benzene rings is 1. The number of anilines is 1. The Kier molecular flexibility index (Phi) is 3.13. The lowest BCUT2D eigenvalue weighted by Gasteiger charge is -2.06. The maximum absolute atomic E-state index is 5.95. The van der Waals surface area contributed by atoms with E-state index in [-0.39, 0.29) is 0 Å². The third kappa shape index (κ3) is 1.77. The molecule has 0 aliphatic rings. The first-order valence-corrected chi connectivity index (χ1v) is 6.01. The van der Waals surface area contributed by atoms with Crippen LogP contribution in [-0.4, -0.2) is 9.55 Å². The molecule has 3 heteroatoms. The van der Waals surface area contributed by atoms with Gasteiger partial charge in [-0.25, -0.2) is 4.98 Å². The first kappa shape index (κ1) is 11.0. The summed E-state index contributed by atoms with van der Waals surface area (Å²) in [6, 6.07) is 6.02. The Hall–Kier alpha value is -1.51. The molecule has 0 bridgehead atoms. The third-order valence-electron chi connectivity index (χ3n) is 2.81. The quantitative estimate of drug-likeness (QED) is 0.800. The van der Waals surface area contributed by atoms with Gasteiger partial charge in [0.25, 0.3) is 0 Å². The van der Waals surface area contributed by atoms with Crippen molar-refractivity contribution >= 4 is 16.7 Å². The van der Waals surface area contributed by atoms with Crippen molar-refractivity contribution in [1.29, 1.82) is 0 Å². The Morgan fingerprint density at radius 2 is 2.06 bits per heavy atom. The maximum Gasteiger partial charge on any atom is 0.112 e. The highest BCUT2D eigenvalue weighted by Crippen LogP contribution is 2.22. The van der Waals surface area contributed by atoms with Gasteiger partial charge in [-0.05, 0) is 25.0 Å². The molecule has 2 aromatic rings. The minimum Gasteiger partial charge on any atom is -0.397 e. The van der Waals surface area contributed by atoms with E-state index in [1.165, 1.54) is 5.52 Å². The van der Waals surface area contributed by atoms with Crippen LogP contribution in [0, 0.1) is 0 Å². The van der Waals surface area contributed by atoms with E-state index in [2.05, 4.69) is 29.5 Å². The van der Waals surface area contributed by atoms with Crippen LogP contribution in [0.1, 0.15) is 32.5 Å². The zero-order valence-electron chi connectivity index (χ0n) is 10.0. The fourth-order valence-corrected chi connectivity index (χ4v) is 2.10. The van der Waals surface area contributed by atoms with Crippen molar-refractivity contribution in [2.45, 2.75) is 39.7 Å². The molecule has 86 valence electrons. The van der Waals surface area contributed by atoms with Crippen molar-refractivity contribution in [3.63, 3.8) is 0 Å². The van der Waals surface area contributed by atoms with E-state index in [9.17, 15) is 0 Å². The van der Waals surface area contributed by atoms with E-state index in [1.807, 2.05) is 12.1 Å². The van der Waals surface area contributed by atoms with Crippen LogP contribution in [0.15, 0.2) is 18.2 Å². The maximum atomic E-state index is 5.95. The van der Waals surface area contributed by atoms with Gasteiger partial charge in [-0.2, -0.15) is 0 Å². The molecular formula is C13H19N3. The first-order chi connectivity index (χ1) is 7.77. The van der Waals surface area contributed by atoms with Gasteiger partial charge in [-0.3, -0.25) is 0 Å². The van der Waals surface area contributed by atoms with Crippen LogP contribution in [0.2, 0.25) is 0 Å². The van der Waals surface area contributed by atoms with E-state index < -0.39 is 0 Å².